The molecule has 3 rings (SSSR count). The Bertz CT molecular complexity index is 535. The zero-order chi connectivity index (χ0) is 15.0. The largest absolute Gasteiger partial charge is 0.349 e. The first-order chi connectivity index (χ1) is 10.0. The van der Waals surface area contributed by atoms with E-state index in [9.17, 15) is 13.6 Å². The number of hydrogen-bond donors (Lipinski definition) is 2. The molecule has 2 aliphatic rings. The van der Waals surface area contributed by atoms with Gasteiger partial charge in [0.2, 0.25) is 5.91 Å². The summed E-state index contributed by atoms with van der Waals surface area (Å²) in [6, 6.07) is 3.10. The number of piperidine rings is 1. The topological polar surface area (TPSA) is 41.1 Å². The molecule has 2 N–H and O–H groups in total. The fourth-order valence-electron chi connectivity index (χ4n) is 3.51. The fourth-order valence-corrected chi connectivity index (χ4v) is 3.51. The van der Waals surface area contributed by atoms with Crippen molar-refractivity contribution in [2.45, 2.75) is 32.2 Å². The van der Waals surface area contributed by atoms with E-state index in [2.05, 4.69) is 10.6 Å². The van der Waals surface area contributed by atoms with Gasteiger partial charge in [-0.2, -0.15) is 0 Å². The fraction of sp³-hybridized carbons (Fsp3) is 0.562. The predicted molar refractivity (Wildman–Crippen MR) is 75.6 cm³/mol. The van der Waals surface area contributed by atoms with Crippen molar-refractivity contribution in [1.29, 1.82) is 0 Å². The molecular weight excluding hydrogens is 274 g/mol. The minimum atomic E-state index is -0.655. The summed E-state index contributed by atoms with van der Waals surface area (Å²) in [7, 11) is 0. The third-order valence-corrected chi connectivity index (χ3v) is 4.90. The Morgan fingerprint density at radius 3 is 2.57 bits per heavy atom. The van der Waals surface area contributed by atoms with Crippen LogP contribution in [0.4, 0.5) is 8.78 Å². The maximum atomic E-state index is 13.7. The smallest absolute Gasteiger partial charge is 0.224 e. The number of carbonyl (C=O) groups is 1. The van der Waals surface area contributed by atoms with Crippen LogP contribution in [0.2, 0.25) is 0 Å². The Morgan fingerprint density at radius 2 is 1.95 bits per heavy atom. The summed E-state index contributed by atoms with van der Waals surface area (Å²) in [4.78, 5) is 12.3. The molecule has 1 aliphatic carbocycles. The highest BCUT2D eigenvalue weighted by molar-refractivity contribution is 5.83. The molecule has 1 amide bonds. The number of amides is 1. The molecule has 3 nitrogen and oxygen atoms in total. The van der Waals surface area contributed by atoms with Crippen LogP contribution in [-0.2, 0) is 4.79 Å². The van der Waals surface area contributed by atoms with Gasteiger partial charge in [-0.05, 0) is 56.8 Å². The predicted octanol–water partition coefficient (Wildman–Crippen LogP) is 2.53. The SMILES string of the molecule is CC(NC(=O)C1CC12CCNCC2)c1c(F)cccc1F. The van der Waals surface area contributed by atoms with Crippen LogP contribution < -0.4 is 10.6 Å². The molecule has 2 fully saturated rings. The maximum Gasteiger partial charge on any atom is 0.224 e. The second-order valence-corrected chi connectivity index (χ2v) is 6.23. The Balaban J connectivity index is 1.66. The zero-order valence-electron chi connectivity index (χ0n) is 12.1. The van der Waals surface area contributed by atoms with Crippen molar-refractivity contribution < 1.29 is 13.6 Å². The number of carbonyl (C=O) groups excluding carboxylic acids is 1. The number of halogens is 2. The third-order valence-electron chi connectivity index (χ3n) is 4.90. The van der Waals surface area contributed by atoms with E-state index in [0.29, 0.717) is 0 Å². The molecule has 5 heteroatoms. The van der Waals surface area contributed by atoms with E-state index in [4.69, 9.17) is 0 Å². The van der Waals surface area contributed by atoms with Gasteiger partial charge in [-0.25, -0.2) is 8.78 Å². The van der Waals surface area contributed by atoms with Crippen LogP contribution in [-0.4, -0.2) is 19.0 Å². The standard InChI is InChI=1S/C16H20F2N2O/c1-10(14-12(17)3-2-4-13(14)18)20-15(21)11-9-16(11)5-7-19-8-6-16/h2-4,10-11,19H,5-9H2,1H3,(H,20,21). The molecule has 1 saturated carbocycles. The molecule has 114 valence electrons. The minimum absolute atomic E-state index is 0.00288. The minimum Gasteiger partial charge on any atom is -0.349 e. The van der Waals surface area contributed by atoms with Crippen molar-refractivity contribution in [2.75, 3.05) is 13.1 Å². The van der Waals surface area contributed by atoms with Gasteiger partial charge in [0, 0.05) is 11.5 Å². The second kappa shape index (κ2) is 5.37. The Hall–Kier alpha value is -1.49. The van der Waals surface area contributed by atoms with Gasteiger partial charge in [-0.15, -0.1) is 0 Å². The van der Waals surface area contributed by atoms with Gasteiger partial charge in [-0.1, -0.05) is 6.07 Å². The Morgan fingerprint density at radius 1 is 1.33 bits per heavy atom. The van der Waals surface area contributed by atoms with Gasteiger partial charge < -0.3 is 10.6 Å². The summed E-state index contributed by atoms with van der Waals surface area (Å²) in [5.74, 6) is -1.31. The van der Waals surface area contributed by atoms with Crippen LogP contribution in [0.3, 0.4) is 0 Å². The lowest BCUT2D eigenvalue weighted by atomic mass is 9.91. The summed E-state index contributed by atoms with van der Waals surface area (Å²) in [5.41, 5.74) is 0.0638. The molecule has 1 aromatic rings. The number of rotatable bonds is 3. The molecule has 2 unspecified atom stereocenters. The van der Waals surface area contributed by atoms with E-state index in [1.807, 2.05) is 0 Å². The number of hydrogen-bond acceptors (Lipinski definition) is 2. The van der Waals surface area contributed by atoms with Gasteiger partial charge in [0.25, 0.3) is 0 Å². The van der Waals surface area contributed by atoms with E-state index >= 15 is 0 Å². The van der Waals surface area contributed by atoms with E-state index in [1.165, 1.54) is 18.2 Å². The Labute approximate surface area is 123 Å². The van der Waals surface area contributed by atoms with E-state index in [-0.39, 0.29) is 22.8 Å². The first kappa shape index (κ1) is 14.4. The van der Waals surface area contributed by atoms with Gasteiger partial charge >= 0.3 is 0 Å². The van der Waals surface area contributed by atoms with Gasteiger partial charge in [0.05, 0.1) is 6.04 Å². The van der Waals surface area contributed by atoms with Crippen molar-refractivity contribution in [1.82, 2.24) is 10.6 Å². The average molecular weight is 294 g/mol. The highest BCUT2D eigenvalue weighted by Crippen LogP contribution is 2.58. The van der Waals surface area contributed by atoms with Crippen molar-refractivity contribution in [3.8, 4) is 0 Å². The molecule has 1 saturated heterocycles. The lowest BCUT2D eigenvalue weighted by molar-refractivity contribution is -0.124. The lowest BCUT2D eigenvalue weighted by Gasteiger charge is -2.24. The van der Waals surface area contributed by atoms with Crippen molar-refractivity contribution in [2.24, 2.45) is 11.3 Å². The molecular formula is C16H20F2N2O. The molecule has 1 aliphatic heterocycles. The van der Waals surface area contributed by atoms with Crippen LogP contribution in [0.1, 0.15) is 37.8 Å². The van der Waals surface area contributed by atoms with Gasteiger partial charge in [0.1, 0.15) is 11.6 Å². The molecule has 0 aromatic heterocycles. The average Bonchev–Trinajstić information content (AvgIpc) is 3.13. The van der Waals surface area contributed by atoms with Crippen molar-refractivity contribution in [3.05, 3.63) is 35.4 Å². The highest BCUT2D eigenvalue weighted by Gasteiger charge is 2.57. The van der Waals surface area contributed by atoms with Crippen LogP contribution in [0.15, 0.2) is 18.2 Å². The molecule has 2 atom stereocenters. The van der Waals surface area contributed by atoms with Crippen LogP contribution in [0, 0.1) is 23.0 Å². The first-order valence-corrected chi connectivity index (χ1v) is 7.48. The zero-order valence-corrected chi connectivity index (χ0v) is 12.1. The first-order valence-electron chi connectivity index (χ1n) is 7.48. The van der Waals surface area contributed by atoms with Crippen LogP contribution in [0.5, 0.6) is 0 Å². The van der Waals surface area contributed by atoms with Crippen LogP contribution in [0.25, 0.3) is 0 Å². The van der Waals surface area contributed by atoms with Crippen LogP contribution >= 0.6 is 0 Å². The number of nitrogens with one attached hydrogen (secondary N) is 2. The summed E-state index contributed by atoms with van der Waals surface area (Å²) in [6.45, 7) is 3.51. The maximum absolute atomic E-state index is 13.7. The molecule has 1 aromatic carbocycles. The quantitative estimate of drug-likeness (QED) is 0.899. The van der Waals surface area contributed by atoms with E-state index in [0.717, 1.165) is 32.4 Å². The molecule has 1 spiro atoms. The summed E-state index contributed by atoms with van der Waals surface area (Å²) < 4.78 is 27.4. The number of benzene rings is 1. The summed E-state index contributed by atoms with van der Waals surface area (Å²) in [5, 5.41) is 6.06. The van der Waals surface area contributed by atoms with Gasteiger partial charge in [0.15, 0.2) is 0 Å². The summed E-state index contributed by atoms with van der Waals surface area (Å²) in [6.07, 6.45) is 2.91. The van der Waals surface area contributed by atoms with Gasteiger partial charge in [-0.3, -0.25) is 4.79 Å². The van der Waals surface area contributed by atoms with Crippen molar-refractivity contribution >= 4 is 5.91 Å². The molecule has 0 bridgehead atoms. The summed E-state index contributed by atoms with van der Waals surface area (Å²) >= 11 is 0. The van der Waals surface area contributed by atoms with E-state index in [1.54, 1.807) is 6.92 Å². The normalized spacial score (nSPS) is 24.6. The molecule has 21 heavy (non-hydrogen) atoms. The third kappa shape index (κ3) is 2.67. The Kier molecular flexibility index (Phi) is 3.69. The highest BCUT2D eigenvalue weighted by atomic mass is 19.1. The van der Waals surface area contributed by atoms with Crippen molar-refractivity contribution in [3.63, 3.8) is 0 Å². The molecule has 1 heterocycles. The lowest BCUT2D eigenvalue weighted by Crippen LogP contribution is -2.35. The monoisotopic (exact) mass is 294 g/mol. The molecule has 0 radical (unpaired) electrons. The van der Waals surface area contributed by atoms with E-state index < -0.39 is 17.7 Å². The second-order valence-electron chi connectivity index (χ2n) is 6.23.